The van der Waals surface area contributed by atoms with Crippen LogP contribution in [0.25, 0.3) is 22.3 Å². The predicted molar refractivity (Wildman–Crippen MR) is 128 cm³/mol. The first-order chi connectivity index (χ1) is 17.4. The smallest absolute Gasteiger partial charge is 0.262 e. The molecule has 0 aliphatic heterocycles. The lowest BCUT2D eigenvalue weighted by Gasteiger charge is -2.22. The highest BCUT2D eigenvalue weighted by molar-refractivity contribution is 6.34. The van der Waals surface area contributed by atoms with Gasteiger partial charge < -0.3 is 16.2 Å². The summed E-state index contributed by atoms with van der Waals surface area (Å²) in [6, 6.07) is 1.88. The van der Waals surface area contributed by atoms with E-state index in [0.29, 0.717) is 0 Å². The number of primary amides is 1. The van der Waals surface area contributed by atoms with Crippen LogP contribution in [-0.2, 0) is 5.60 Å². The maximum Gasteiger partial charge on any atom is 0.262 e. The summed E-state index contributed by atoms with van der Waals surface area (Å²) in [4.78, 5) is 27.8. The molecule has 192 valence electrons. The number of carbonyl (C=O) groups is 1. The van der Waals surface area contributed by atoms with Crippen LogP contribution in [0.4, 0.5) is 23.2 Å². The molecule has 3 aromatic heterocycles. The van der Waals surface area contributed by atoms with Gasteiger partial charge in [-0.3, -0.25) is 9.78 Å². The van der Waals surface area contributed by atoms with Crippen LogP contribution in [0.2, 0.25) is 5.02 Å². The number of nitrogens with two attached hydrogens (primary N) is 1. The molecule has 4 rings (SSSR count). The molecule has 0 aliphatic carbocycles. The molecule has 3 heterocycles. The summed E-state index contributed by atoms with van der Waals surface area (Å²) in [6.07, 6.45) is 0.428. The standard InChI is InChI=1S/C24H19ClF4N6O2/c1-24(2,37)23-32-7-11(8-33-23)17-15(27)6-16-20(34-17)19(13(25)9-31-16)35-18(21(28)29)12-5-10(22(30)36)3-4-14(12)26/h3-9,18,21,37H,1-2H3,(H2,30,36)(H,31,35)/t18-/m1/s1. The van der Waals surface area contributed by atoms with Crippen molar-refractivity contribution in [3.63, 3.8) is 0 Å². The van der Waals surface area contributed by atoms with Crippen molar-refractivity contribution < 1.29 is 27.5 Å². The minimum atomic E-state index is -3.17. The van der Waals surface area contributed by atoms with Gasteiger partial charge in [0.2, 0.25) is 5.91 Å². The van der Waals surface area contributed by atoms with Gasteiger partial charge in [0.05, 0.1) is 16.2 Å². The average molecular weight is 535 g/mol. The fourth-order valence-corrected chi connectivity index (χ4v) is 3.73. The number of nitrogens with zero attached hydrogens (tertiary/aromatic N) is 4. The first kappa shape index (κ1) is 26.2. The number of carbonyl (C=O) groups excluding carboxylic acids is 1. The van der Waals surface area contributed by atoms with Crippen molar-refractivity contribution in [1.82, 2.24) is 19.9 Å². The second-order valence-electron chi connectivity index (χ2n) is 8.58. The zero-order chi connectivity index (χ0) is 27.1. The number of alkyl halides is 2. The number of rotatable bonds is 7. The van der Waals surface area contributed by atoms with Gasteiger partial charge in [-0.2, -0.15) is 0 Å². The van der Waals surface area contributed by atoms with Crippen molar-refractivity contribution in [2.45, 2.75) is 31.9 Å². The minimum Gasteiger partial charge on any atom is -0.382 e. The van der Waals surface area contributed by atoms with E-state index in [1.807, 2.05) is 0 Å². The van der Waals surface area contributed by atoms with Gasteiger partial charge in [0, 0.05) is 41.3 Å². The fraction of sp³-hybridized carbons (Fsp3) is 0.208. The first-order valence-corrected chi connectivity index (χ1v) is 11.1. The quantitative estimate of drug-likeness (QED) is 0.292. The molecule has 8 nitrogen and oxygen atoms in total. The maximum absolute atomic E-state index is 14.9. The molecule has 0 fully saturated rings. The molecule has 0 saturated heterocycles. The largest absolute Gasteiger partial charge is 0.382 e. The van der Waals surface area contributed by atoms with Gasteiger partial charge in [-0.05, 0) is 32.0 Å². The molecule has 4 N–H and O–H groups in total. The third kappa shape index (κ3) is 5.30. The molecule has 0 radical (unpaired) electrons. The highest BCUT2D eigenvalue weighted by Crippen LogP contribution is 2.36. The Hall–Kier alpha value is -3.90. The Balaban J connectivity index is 1.84. The van der Waals surface area contributed by atoms with E-state index in [0.717, 1.165) is 30.5 Å². The van der Waals surface area contributed by atoms with E-state index in [4.69, 9.17) is 17.3 Å². The van der Waals surface area contributed by atoms with Crippen LogP contribution in [0.1, 0.15) is 41.6 Å². The van der Waals surface area contributed by atoms with E-state index in [-0.39, 0.29) is 44.4 Å². The average Bonchev–Trinajstić information content (AvgIpc) is 2.83. The number of fused-ring (bicyclic) bond motifs is 1. The Kier molecular flexibility index (Phi) is 6.98. The van der Waals surface area contributed by atoms with E-state index in [1.54, 1.807) is 0 Å². The molecule has 0 spiro atoms. The van der Waals surface area contributed by atoms with E-state index < -0.39 is 41.2 Å². The van der Waals surface area contributed by atoms with Crippen molar-refractivity contribution in [2.75, 3.05) is 5.32 Å². The molecule has 0 unspecified atom stereocenters. The van der Waals surface area contributed by atoms with Crippen molar-refractivity contribution in [3.8, 4) is 11.3 Å². The van der Waals surface area contributed by atoms with Gasteiger partial charge in [0.25, 0.3) is 6.43 Å². The molecular weight excluding hydrogens is 516 g/mol. The highest BCUT2D eigenvalue weighted by Gasteiger charge is 2.28. The lowest BCUT2D eigenvalue weighted by Crippen LogP contribution is -2.22. The lowest BCUT2D eigenvalue weighted by molar-refractivity contribution is 0.0687. The summed E-state index contributed by atoms with van der Waals surface area (Å²) < 4.78 is 57.7. The van der Waals surface area contributed by atoms with Crippen LogP contribution >= 0.6 is 11.6 Å². The number of pyridine rings is 2. The second kappa shape index (κ2) is 9.87. The van der Waals surface area contributed by atoms with E-state index in [9.17, 15) is 27.5 Å². The minimum absolute atomic E-state index is 0.0263. The summed E-state index contributed by atoms with van der Waals surface area (Å²) in [6.45, 7) is 2.95. The number of nitrogens with one attached hydrogen (secondary N) is 1. The molecule has 13 heteroatoms. The number of aromatic nitrogens is 4. The Bertz CT molecular complexity index is 1500. The third-order valence-electron chi connectivity index (χ3n) is 5.39. The topological polar surface area (TPSA) is 127 Å². The van der Waals surface area contributed by atoms with E-state index in [2.05, 4.69) is 25.3 Å². The molecule has 0 aliphatic rings. The van der Waals surface area contributed by atoms with Crippen LogP contribution in [0.5, 0.6) is 0 Å². The molecular formula is C24H19ClF4N6O2. The third-order valence-corrected chi connectivity index (χ3v) is 5.67. The molecule has 0 bridgehead atoms. The Morgan fingerprint density at radius 3 is 2.35 bits per heavy atom. The summed E-state index contributed by atoms with van der Waals surface area (Å²) in [5.74, 6) is -2.66. The van der Waals surface area contributed by atoms with Gasteiger partial charge in [0.15, 0.2) is 11.6 Å². The Labute approximate surface area is 212 Å². The number of anilines is 1. The van der Waals surface area contributed by atoms with Gasteiger partial charge in [-0.1, -0.05) is 11.6 Å². The normalized spacial score (nSPS) is 12.7. The fourth-order valence-electron chi connectivity index (χ4n) is 3.54. The monoisotopic (exact) mass is 534 g/mol. The number of halogens is 5. The van der Waals surface area contributed by atoms with Crippen LogP contribution in [0.3, 0.4) is 0 Å². The lowest BCUT2D eigenvalue weighted by atomic mass is 10.0. The second-order valence-corrected chi connectivity index (χ2v) is 8.99. The van der Waals surface area contributed by atoms with Crippen LogP contribution < -0.4 is 11.1 Å². The summed E-state index contributed by atoms with van der Waals surface area (Å²) in [7, 11) is 0. The Morgan fingerprint density at radius 2 is 1.76 bits per heavy atom. The Morgan fingerprint density at radius 1 is 1.08 bits per heavy atom. The van der Waals surface area contributed by atoms with E-state index in [1.165, 1.54) is 26.2 Å². The predicted octanol–water partition coefficient (Wildman–Crippen LogP) is 4.76. The van der Waals surface area contributed by atoms with Crippen molar-refractivity contribution in [2.24, 2.45) is 5.73 Å². The summed E-state index contributed by atoms with van der Waals surface area (Å²) >= 11 is 6.25. The molecule has 1 aromatic carbocycles. The summed E-state index contributed by atoms with van der Waals surface area (Å²) in [5, 5.41) is 12.4. The first-order valence-electron chi connectivity index (χ1n) is 10.7. The van der Waals surface area contributed by atoms with Crippen molar-refractivity contribution >= 4 is 34.2 Å². The molecule has 1 amide bonds. The number of hydrogen-bond donors (Lipinski definition) is 3. The highest BCUT2D eigenvalue weighted by atomic mass is 35.5. The zero-order valence-electron chi connectivity index (χ0n) is 19.3. The summed E-state index contributed by atoms with van der Waals surface area (Å²) in [5.41, 5.74) is 2.76. The van der Waals surface area contributed by atoms with Crippen molar-refractivity contribution in [3.05, 3.63) is 76.5 Å². The number of benzene rings is 1. The molecule has 0 saturated carbocycles. The van der Waals surface area contributed by atoms with Gasteiger partial charge in [-0.15, -0.1) is 0 Å². The van der Waals surface area contributed by atoms with Crippen molar-refractivity contribution in [1.29, 1.82) is 0 Å². The number of aliphatic hydroxyl groups is 1. The molecule has 37 heavy (non-hydrogen) atoms. The van der Waals surface area contributed by atoms with Crippen LogP contribution in [0.15, 0.2) is 42.9 Å². The number of amides is 1. The number of hydrogen-bond acceptors (Lipinski definition) is 7. The van der Waals surface area contributed by atoms with Crippen LogP contribution in [0, 0.1) is 11.6 Å². The molecule has 4 aromatic rings. The van der Waals surface area contributed by atoms with Crippen LogP contribution in [-0.4, -0.2) is 37.4 Å². The molecule has 1 atom stereocenters. The van der Waals surface area contributed by atoms with E-state index >= 15 is 0 Å². The van der Waals surface area contributed by atoms with Gasteiger partial charge in [-0.25, -0.2) is 32.5 Å². The SMILES string of the molecule is CC(C)(O)c1ncc(-c2nc3c(N[C@H](c4cc(C(N)=O)ccc4F)C(F)F)c(Cl)cnc3cc2F)cn1. The maximum atomic E-state index is 14.9. The van der Waals surface area contributed by atoms with Gasteiger partial charge in [0.1, 0.15) is 28.7 Å². The van der Waals surface area contributed by atoms with Gasteiger partial charge >= 0.3 is 0 Å². The zero-order valence-corrected chi connectivity index (χ0v) is 20.1.